The molecule has 0 aromatic heterocycles. The van der Waals surface area contributed by atoms with E-state index in [1.54, 1.807) is 0 Å². The lowest BCUT2D eigenvalue weighted by atomic mass is 9.88. The molecule has 1 aromatic rings. The second-order valence-electron chi connectivity index (χ2n) is 4.98. The van der Waals surface area contributed by atoms with E-state index in [0.717, 1.165) is 24.8 Å². The molecule has 1 heteroatoms. The molecule has 0 saturated carbocycles. The Morgan fingerprint density at radius 3 is 2.53 bits per heavy atom. The molecule has 98 valence electrons. The average Bonchev–Trinajstić information content (AvgIpc) is 2.42. The van der Waals surface area contributed by atoms with Gasteiger partial charge < -0.3 is 0 Å². The number of hydrogen-bond donors (Lipinski definition) is 0. The molecule has 0 radical (unpaired) electrons. The van der Waals surface area contributed by atoms with Gasteiger partial charge in [0.05, 0.1) is 5.41 Å². The molecule has 0 unspecified atom stereocenters. The molecule has 0 N–H and O–H groups in total. The van der Waals surface area contributed by atoms with Crippen molar-refractivity contribution in [2.45, 2.75) is 40.0 Å². The van der Waals surface area contributed by atoms with Crippen molar-refractivity contribution in [2.24, 2.45) is 5.41 Å². The van der Waals surface area contributed by atoms with Crippen molar-refractivity contribution >= 4 is 5.78 Å². The Labute approximate surface area is 116 Å². The largest absolute Gasteiger partial charge is 0.283 e. The van der Waals surface area contributed by atoms with Crippen molar-refractivity contribution in [2.75, 3.05) is 0 Å². The van der Waals surface area contributed by atoms with Gasteiger partial charge in [-0.2, -0.15) is 0 Å². The zero-order valence-corrected chi connectivity index (χ0v) is 11.9. The minimum absolute atomic E-state index is 0.105. The summed E-state index contributed by atoms with van der Waals surface area (Å²) in [7, 11) is 0. The molecule has 0 aliphatic carbocycles. The van der Waals surface area contributed by atoms with Crippen molar-refractivity contribution < 1.29 is 4.79 Å². The highest BCUT2D eigenvalue weighted by Crippen LogP contribution is 2.15. The quantitative estimate of drug-likeness (QED) is 0.454. The fourth-order valence-electron chi connectivity index (χ4n) is 1.37. The van der Waals surface area contributed by atoms with Crippen LogP contribution in [0.15, 0.2) is 30.3 Å². The van der Waals surface area contributed by atoms with E-state index in [9.17, 15) is 4.79 Å². The Morgan fingerprint density at radius 1 is 1.21 bits per heavy atom. The first-order valence-corrected chi connectivity index (χ1v) is 6.68. The summed E-state index contributed by atoms with van der Waals surface area (Å²) in [5.41, 5.74) is 0.206. The third-order valence-electron chi connectivity index (χ3n) is 2.72. The lowest BCUT2D eigenvalue weighted by Gasteiger charge is -2.10. The van der Waals surface area contributed by atoms with Crippen molar-refractivity contribution in [1.29, 1.82) is 0 Å². The van der Waals surface area contributed by atoms with E-state index >= 15 is 0 Å². The Kier molecular flexibility index (Phi) is 5.91. The Hall–Kier alpha value is -1.99. The zero-order chi connectivity index (χ0) is 14.1. The van der Waals surface area contributed by atoms with Crippen LogP contribution in [-0.2, 0) is 4.79 Å². The topological polar surface area (TPSA) is 17.1 Å². The summed E-state index contributed by atoms with van der Waals surface area (Å²) in [6, 6.07) is 9.68. The van der Waals surface area contributed by atoms with Crippen LogP contribution in [0.5, 0.6) is 0 Å². The summed E-state index contributed by atoms with van der Waals surface area (Å²) < 4.78 is 0. The number of Topliss-reactive ketones (excluding diaryl/α,β-unsaturated/α-hetero) is 1. The van der Waals surface area contributed by atoms with Gasteiger partial charge in [-0.25, -0.2) is 0 Å². The molecule has 0 fully saturated rings. The van der Waals surface area contributed by atoms with Crippen LogP contribution in [0.3, 0.4) is 0 Å². The maximum Gasteiger partial charge on any atom is 0.222 e. The summed E-state index contributed by atoms with van der Waals surface area (Å²) in [5.74, 6) is 11.6. The number of carbonyl (C=O) groups excluding carboxylic acids is 1. The molecule has 0 atom stereocenters. The SMILES string of the molecule is CCCCC#CC(=O)C(C)(C)C#Cc1ccccc1. The minimum atomic E-state index is -0.713. The fraction of sp³-hybridized carbons (Fsp3) is 0.389. The smallest absolute Gasteiger partial charge is 0.222 e. The van der Waals surface area contributed by atoms with Crippen molar-refractivity contribution in [3.8, 4) is 23.7 Å². The summed E-state index contributed by atoms with van der Waals surface area (Å²) in [6.45, 7) is 5.75. The number of benzene rings is 1. The molecule has 1 aromatic carbocycles. The van der Waals surface area contributed by atoms with Gasteiger partial charge in [0.1, 0.15) is 0 Å². The van der Waals surface area contributed by atoms with Crippen LogP contribution < -0.4 is 0 Å². The first kappa shape index (κ1) is 15.1. The first-order chi connectivity index (χ1) is 9.06. The van der Waals surface area contributed by atoms with Crippen molar-refractivity contribution in [3.05, 3.63) is 35.9 Å². The molecule has 0 saturated heterocycles. The van der Waals surface area contributed by atoms with Crippen molar-refractivity contribution in [1.82, 2.24) is 0 Å². The molecular weight excluding hydrogens is 232 g/mol. The highest BCUT2D eigenvalue weighted by molar-refractivity contribution is 6.01. The van der Waals surface area contributed by atoms with Crippen LogP contribution >= 0.6 is 0 Å². The maximum absolute atomic E-state index is 12.0. The molecule has 0 aliphatic rings. The van der Waals surface area contributed by atoms with Gasteiger partial charge in [-0.05, 0) is 38.3 Å². The lowest BCUT2D eigenvalue weighted by molar-refractivity contribution is -0.118. The van der Waals surface area contributed by atoms with Gasteiger partial charge in [0.15, 0.2) is 0 Å². The van der Waals surface area contributed by atoms with Crippen LogP contribution in [0.1, 0.15) is 45.6 Å². The number of hydrogen-bond acceptors (Lipinski definition) is 1. The van der Waals surface area contributed by atoms with E-state index in [0.29, 0.717) is 0 Å². The predicted octanol–water partition coefficient (Wildman–Crippen LogP) is 3.83. The second-order valence-corrected chi connectivity index (χ2v) is 4.98. The summed E-state index contributed by atoms with van der Waals surface area (Å²) in [4.78, 5) is 12.0. The molecule has 0 amide bonds. The number of unbranched alkanes of at least 4 members (excludes halogenated alkanes) is 2. The fourth-order valence-corrected chi connectivity index (χ4v) is 1.37. The molecule has 0 bridgehead atoms. The predicted molar refractivity (Wildman–Crippen MR) is 79.4 cm³/mol. The van der Waals surface area contributed by atoms with Gasteiger partial charge in [0.2, 0.25) is 5.78 Å². The molecule has 0 heterocycles. The van der Waals surface area contributed by atoms with E-state index in [-0.39, 0.29) is 5.78 Å². The van der Waals surface area contributed by atoms with E-state index < -0.39 is 5.41 Å². The molecule has 19 heavy (non-hydrogen) atoms. The number of carbonyl (C=O) groups is 1. The van der Waals surface area contributed by atoms with E-state index in [2.05, 4.69) is 30.6 Å². The number of ketones is 1. The minimum Gasteiger partial charge on any atom is -0.283 e. The highest BCUT2D eigenvalue weighted by Gasteiger charge is 2.23. The van der Waals surface area contributed by atoms with E-state index in [4.69, 9.17) is 0 Å². The van der Waals surface area contributed by atoms with Gasteiger partial charge in [-0.3, -0.25) is 4.79 Å². The molecule has 0 spiro atoms. The van der Waals surface area contributed by atoms with Crippen LogP contribution in [0.25, 0.3) is 0 Å². The number of rotatable bonds is 3. The highest BCUT2D eigenvalue weighted by atomic mass is 16.1. The average molecular weight is 252 g/mol. The van der Waals surface area contributed by atoms with Gasteiger partial charge in [-0.15, -0.1) is 0 Å². The van der Waals surface area contributed by atoms with Crippen molar-refractivity contribution in [3.63, 3.8) is 0 Å². The zero-order valence-electron chi connectivity index (χ0n) is 11.9. The second kappa shape index (κ2) is 7.45. The van der Waals surface area contributed by atoms with Crippen LogP contribution in [-0.4, -0.2) is 5.78 Å². The maximum atomic E-state index is 12.0. The van der Waals surface area contributed by atoms with Crippen LogP contribution in [0.2, 0.25) is 0 Å². The van der Waals surface area contributed by atoms with Gasteiger partial charge >= 0.3 is 0 Å². The van der Waals surface area contributed by atoms with Gasteiger partial charge in [0.25, 0.3) is 0 Å². The summed E-state index contributed by atoms with van der Waals surface area (Å²) >= 11 is 0. The monoisotopic (exact) mass is 252 g/mol. The summed E-state index contributed by atoms with van der Waals surface area (Å²) in [6.07, 6.45) is 2.92. The standard InChI is InChI=1S/C18H20O/c1-4-5-6-10-13-17(19)18(2,3)15-14-16-11-8-7-9-12-16/h7-9,11-12H,4-6H2,1-3H3. The Balaban J connectivity index is 2.72. The lowest BCUT2D eigenvalue weighted by Crippen LogP contribution is -2.20. The Morgan fingerprint density at radius 2 is 1.89 bits per heavy atom. The summed E-state index contributed by atoms with van der Waals surface area (Å²) in [5, 5.41) is 0. The normalized spacial score (nSPS) is 9.84. The molecule has 1 rings (SSSR count). The third kappa shape index (κ3) is 5.45. The van der Waals surface area contributed by atoms with Gasteiger partial charge in [-0.1, -0.05) is 49.3 Å². The van der Waals surface area contributed by atoms with Gasteiger partial charge in [0, 0.05) is 12.0 Å². The first-order valence-electron chi connectivity index (χ1n) is 6.68. The van der Waals surface area contributed by atoms with Crippen LogP contribution in [0, 0.1) is 29.1 Å². The molecular formula is C18H20O. The third-order valence-corrected chi connectivity index (χ3v) is 2.72. The molecule has 0 aliphatic heterocycles. The van der Waals surface area contributed by atoms with Crippen LogP contribution in [0.4, 0.5) is 0 Å². The van der Waals surface area contributed by atoms with E-state index in [1.807, 2.05) is 44.2 Å². The van der Waals surface area contributed by atoms with E-state index in [1.165, 1.54) is 0 Å². The Bertz CT molecular complexity index is 530. The molecule has 1 nitrogen and oxygen atoms in total.